The van der Waals surface area contributed by atoms with Crippen LogP contribution in [-0.4, -0.2) is 21.0 Å². The second kappa shape index (κ2) is 9.24. The first-order chi connectivity index (χ1) is 14.5. The van der Waals surface area contributed by atoms with Crippen LogP contribution in [0, 0.1) is 5.41 Å². The zero-order valence-corrected chi connectivity index (χ0v) is 19.3. The Balaban J connectivity index is 1.43. The van der Waals surface area contributed by atoms with Crippen LogP contribution in [0.25, 0.3) is 6.08 Å². The highest BCUT2D eigenvalue weighted by atomic mass is 79.9. The lowest BCUT2D eigenvalue weighted by Crippen LogP contribution is -2.11. The zero-order chi connectivity index (χ0) is 21.1. The Labute approximate surface area is 191 Å². The van der Waals surface area contributed by atoms with Gasteiger partial charge >= 0.3 is 0 Å². The second-order valence-electron chi connectivity index (χ2n) is 6.64. The Morgan fingerprint density at radius 1 is 1.13 bits per heavy atom. The number of carbonyl (C=O) groups is 1. The van der Waals surface area contributed by atoms with E-state index in [1.165, 1.54) is 23.1 Å². The van der Waals surface area contributed by atoms with Crippen LogP contribution in [0.15, 0.2) is 57.9 Å². The molecule has 8 heteroatoms. The number of ketones is 1. The summed E-state index contributed by atoms with van der Waals surface area (Å²) in [6.45, 7) is 2.49. The predicted molar refractivity (Wildman–Crippen MR) is 125 cm³/mol. The highest BCUT2D eigenvalue weighted by molar-refractivity contribution is 9.10. The minimum absolute atomic E-state index is 0.0839. The number of benzene rings is 2. The minimum atomic E-state index is -0.618. The van der Waals surface area contributed by atoms with Gasteiger partial charge in [0.2, 0.25) is 0 Å². The number of nitrogens with zero attached hydrogens (tertiary/aromatic N) is 2. The monoisotopic (exact) mass is 499 g/mol. The number of thioether (sulfide) groups is 1. The molecular formula is C22H18BrN3O2S2. The summed E-state index contributed by atoms with van der Waals surface area (Å²) >= 11 is 6.03. The smallest absolute Gasteiger partial charge is 0.186 e. The lowest BCUT2D eigenvalue weighted by atomic mass is 10.1. The number of carbonyl (C=O) groups excluding carboxylic acids is 1. The third kappa shape index (κ3) is 4.71. The summed E-state index contributed by atoms with van der Waals surface area (Å²) in [5.74, 6) is 0.0592. The fourth-order valence-corrected chi connectivity index (χ4v) is 5.12. The summed E-state index contributed by atoms with van der Waals surface area (Å²) in [6.07, 6.45) is 2.60. The molecule has 1 saturated heterocycles. The number of allylic oxidation sites excluding steroid dienone is 1. The Bertz CT molecular complexity index is 1110. The quantitative estimate of drug-likeness (QED) is 0.429. The topological polar surface area (TPSA) is 75.9 Å². The fourth-order valence-electron chi connectivity index (χ4n) is 2.90. The molecule has 0 radical (unpaired) electrons. The number of halogens is 1. The van der Waals surface area contributed by atoms with Gasteiger partial charge in [0, 0.05) is 4.47 Å². The van der Waals surface area contributed by atoms with E-state index in [2.05, 4.69) is 26.1 Å². The van der Waals surface area contributed by atoms with Gasteiger partial charge in [-0.05, 0) is 47.9 Å². The molecule has 0 bridgehead atoms. The lowest BCUT2D eigenvalue weighted by molar-refractivity contribution is -0.114. The van der Waals surface area contributed by atoms with E-state index in [9.17, 15) is 4.79 Å². The van der Waals surface area contributed by atoms with E-state index in [4.69, 9.17) is 10.1 Å². The number of aryl methyl sites for hydroxylation is 1. The van der Waals surface area contributed by atoms with Crippen molar-refractivity contribution in [1.29, 1.82) is 5.41 Å². The van der Waals surface area contributed by atoms with Crippen LogP contribution in [0.4, 0.5) is 0 Å². The van der Waals surface area contributed by atoms with Gasteiger partial charge in [-0.25, -0.2) is 0 Å². The molecule has 0 amide bonds. The first-order valence-corrected chi connectivity index (χ1v) is 11.8. The molecule has 1 aromatic heterocycles. The molecule has 0 saturated carbocycles. The molecule has 1 aliphatic rings. The van der Waals surface area contributed by atoms with Crippen LogP contribution in [0.2, 0.25) is 0 Å². The van der Waals surface area contributed by atoms with Crippen LogP contribution >= 0.6 is 39.0 Å². The maximum Gasteiger partial charge on any atom is 0.186 e. The van der Waals surface area contributed by atoms with Gasteiger partial charge in [0.05, 0.1) is 9.95 Å². The third-order valence-electron chi connectivity index (χ3n) is 4.52. The van der Waals surface area contributed by atoms with Gasteiger partial charge in [-0.2, -0.15) is 0 Å². The Kier molecular flexibility index (Phi) is 6.46. The molecule has 30 heavy (non-hydrogen) atoms. The van der Waals surface area contributed by atoms with E-state index < -0.39 is 5.92 Å². The number of hydrogen-bond acceptors (Lipinski definition) is 7. The maximum atomic E-state index is 12.8. The molecule has 2 heterocycles. The Morgan fingerprint density at radius 2 is 1.87 bits per heavy atom. The van der Waals surface area contributed by atoms with Crippen molar-refractivity contribution in [2.45, 2.75) is 25.9 Å². The normalized spacial score (nSPS) is 17.7. The first-order valence-electron chi connectivity index (χ1n) is 9.35. The average Bonchev–Trinajstić information content (AvgIpc) is 3.32. The van der Waals surface area contributed by atoms with Crippen LogP contribution in [-0.2, 0) is 17.8 Å². The van der Waals surface area contributed by atoms with E-state index in [1.54, 1.807) is 0 Å². The molecule has 1 N–H and O–H groups in total. The molecular weight excluding hydrogens is 482 g/mol. The summed E-state index contributed by atoms with van der Waals surface area (Å²) in [5, 5.41) is 18.2. The van der Waals surface area contributed by atoms with Gasteiger partial charge in [-0.1, -0.05) is 58.9 Å². The van der Waals surface area contributed by atoms with Gasteiger partial charge in [0.25, 0.3) is 0 Å². The van der Waals surface area contributed by atoms with Crippen LogP contribution < -0.4 is 4.74 Å². The van der Waals surface area contributed by atoms with Gasteiger partial charge < -0.3 is 4.74 Å². The molecule has 0 spiro atoms. The van der Waals surface area contributed by atoms with Crippen molar-refractivity contribution in [2.24, 2.45) is 0 Å². The molecule has 3 aromatic rings. The molecule has 0 unspecified atom stereocenters. The number of nitrogens with one attached hydrogen (secondary N) is 1. The third-order valence-corrected chi connectivity index (χ3v) is 7.17. The van der Waals surface area contributed by atoms with E-state index in [0.717, 1.165) is 32.8 Å². The fraction of sp³-hybridized carbons (Fsp3) is 0.182. The molecule has 1 atom stereocenters. The van der Waals surface area contributed by atoms with Crippen molar-refractivity contribution in [3.8, 4) is 5.75 Å². The van der Waals surface area contributed by atoms with Gasteiger partial charge in [-0.15, -0.1) is 21.5 Å². The predicted octanol–water partition coefficient (Wildman–Crippen LogP) is 5.86. The van der Waals surface area contributed by atoms with E-state index in [1.807, 2.05) is 61.5 Å². The lowest BCUT2D eigenvalue weighted by Gasteiger charge is -2.07. The highest BCUT2D eigenvalue weighted by Crippen LogP contribution is 2.41. The van der Waals surface area contributed by atoms with Crippen molar-refractivity contribution in [2.75, 3.05) is 0 Å². The number of rotatable bonds is 6. The average molecular weight is 500 g/mol. The van der Waals surface area contributed by atoms with Crippen LogP contribution in [0.3, 0.4) is 0 Å². The first kappa shape index (κ1) is 21.0. The largest absolute Gasteiger partial charge is 0.489 e. The van der Waals surface area contributed by atoms with E-state index in [0.29, 0.717) is 21.6 Å². The molecule has 0 aliphatic carbocycles. The minimum Gasteiger partial charge on any atom is -0.489 e. The van der Waals surface area contributed by atoms with E-state index in [-0.39, 0.29) is 5.78 Å². The van der Waals surface area contributed by atoms with Crippen molar-refractivity contribution in [3.05, 3.63) is 79.1 Å². The van der Waals surface area contributed by atoms with Crippen molar-refractivity contribution in [1.82, 2.24) is 10.2 Å². The van der Waals surface area contributed by atoms with Gasteiger partial charge in [0.15, 0.2) is 5.78 Å². The summed E-state index contributed by atoms with van der Waals surface area (Å²) in [6, 6.07) is 15.6. The molecule has 152 valence electrons. The summed E-state index contributed by atoms with van der Waals surface area (Å²) in [5.41, 5.74) is 1.98. The summed E-state index contributed by atoms with van der Waals surface area (Å²) in [4.78, 5) is 13.4. The van der Waals surface area contributed by atoms with Gasteiger partial charge in [0.1, 0.15) is 28.3 Å². The SMILES string of the molecule is CCc1nnc([C@H]2C(=N)S/C(=C\c3ccc(OCc4ccc(Br)cc4)cc3)C2=O)s1. The Morgan fingerprint density at radius 3 is 2.53 bits per heavy atom. The second-order valence-corrected chi connectivity index (χ2v) is 9.74. The maximum absolute atomic E-state index is 12.8. The zero-order valence-electron chi connectivity index (χ0n) is 16.1. The molecule has 1 aliphatic heterocycles. The Hall–Kier alpha value is -2.29. The van der Waals surface area contributed by atoms with Crippen molar-refractivity contribution < 1.29 is 9.53 Å². The molecule has 2 aromatic carbocycles. The molecule has 5 nitrogen and oxygen atoms in total. The van der Waals surface area contributed by atoms with Crippen LogP contribution in [0.5, 0.6) is 5.75 Å². The van der Waals surface area contributed by atoms with E-state index >= 15 is 0 Å². The standard InChI is InChI=1S/C22H18BrN3O2S2/c1-2-18-25-26-22(30-18)19-20(27)17(29-21(19)24)11-13-5-9-16(10-6-13)28-12-14-3-7-15(23)8-4-14/h3-11,19,24H,2,12H2,1H3/b17-11-,24-21?/t19-/m1/s1. The van der Waals surface area contributed by atoms with Crippen LogP contribution in [0.1, 0.15) is 34.0 Å². The summed E-state index contributed by atoms with van der Waals surface area (Å²) < 4.78 is 6.86. The molecule has 4 rings (SSSR count). The number of ether oxygens (including phenoxy) is 1. The van der Waals surface area contributed by atoms with Crippen molar-refractivity contribution >= 4 is 55.9 Å². The van der Waals surface area contributed by atoms with Crippen molar-refractivity contribution in [3.63, 3.8) is 0 Å². The van der Waals surface area contributed by atoms with Gasteiger partial charge in [-0.3, -0.25) is 10.2 Å². The number of Topliss-reactive ketones (excluding diaryl/α,β-unsaturated/α-hetero) is 1. The molecule has 1 fully saturated rings. The summed E-state index contributed by atoms with van der Waals surface area (Å²) in [7, 11) is 0. The number of hydrogen-bond donors (Lipinski definition) is 1. The number of aromatic nitrogens is 2. The highest BCUT2D eigenvalue weighted by Gasteiger charge is 2.39.